The molecule has 0 atom stereocenters. The molecule has 0 N–H and O–H groups in total. The first-order chi connectivity index (χ1) is 28.3. The molecule has 0 aliphatic carbocycles. The van der Waals surface area contributed by atoms with Crippen LogP contribution in [0.25, 0.3) is 98.4 Å². The molecule has 0 saturated carbocycles. The Bertz CT molecular complexity index is 3530. The third-order valence-corrected chi connectivity index (χ3v) is 11.7. The van der Waals surface area contributed by atoms with Gasteiger partial charge in [0, 0.05) is 38.2 Å². The molecule has 2 aromatic heterocycles. The van der Waals surface area contributed by atoms with Gasteiger partial charge in [0.05, 0.1) is 11.4 Å². The van der Waals surface area contributed by atoms with E-state index in [0.29, 0.717) is 0 Å². The van der Waals surface area contributed by atoms with E-state index in [1.807, 2.05) is 6.07 Å². The van der Waals surface area contributed by atoms with Crippen molar-refractivity contribution < 1.29 is 8.83 Å². The average Bonchev–Trinajstić information content (AvgIpc) is 3.86. The molecule has 266 valence electrons. The molecule has 0 amide bonds. The van der Waals surface area contributed by atoms with Crippen molar-refractivity contribution >= 4 is 93.3 Å². The molecule has 0 fully saturated rings. The molecular weight excluding hydrogens is 695 g/mol. The van der Waals surface area contributed by atoms with Crippen molar-refractivity contribution in [2.45, 2.75) is 0 Å². The van der Waals surface area contributed by atoms with Crippen LogP contribution in [0.15, 0.2) is 209 Å². The number of nitrogens with zero attached hydrogens (tertiary/aromatic N) is 1. The van der Waals surface area contributed by atoms with Gasteiger partial charge in [-0.15, -0.1) is 0 Å². The summed E-state index contributed by atoms with van der Waals surface area (Å²) in [7, 11) is 0. The zero-order valence-electron chi connectivity index (χ0n) is 30.8. The smallest absolute Gasteiger partial charge is 0.159 e. The number of benzene rings is 10. The first kappa shape index (κ1) is 31.7. The SMILES string of the molecule is c1ccc(N(c2ccc(-c3cc4ccccc4c4ccccc34)cc2)c2cccc3c2oc2ccccc23)c(-c2cccc3oc4c5ccccc5ccc4c23)c1. The van der Waals surface area contributed by atoms with Crippen LogP contribution in [0.5, 0.6) is 0 Å². The number of furan rings is 2. The highest BCUT2D eigenvalue weighted by Crippen LogP contribution is 2.48. The minimum absolute atomic E-state index is 0.844. The maximum atomic E-state index is 6.73. The lowest BCUT2D eigenvalue weighted by molar-refractivity contribution is 0.669. The molecule has 57 heavy (non-hydrogen) atoms. The van der Waals surface area contributed by atoms with Crippen LogP contribution in [0.3, 0.4) is 0 Å². The number of para-hydroxylation sites is 3. The van der Waals surface area contributed by atoms with Gasteiger partial charge in [-0.05, 0) is 92.2 Å². The van der Waals surface area contributed by atoms with Crippen LogP contribution in [0.4, 0.5) is 17.1 Å². The van der Waals surface area contributed by atoms with Gasteiger partial charge in [0.15, 0.2) is 5.58 Å². The van der Waals surface area contributed by atoms with Gasteiger partial charge in [-0.2, -0.15) is 0 Å². The average molecular weight is 728 g/mol. The summed E-state index contributed by atoms with van der Waals surface area (Å²) < 4.78 is 13.4. The zero-order valence-corrected chi connectivity index (χ0v) is 30.8. The van der Waals surface area contributed by atoms with E-state index in [2.05, 4.69) is 199 Å². The van der Waals surface area contributed by atoms with Crippen LogP contribution in [-0.4, -0.2) is 0 Å². The molecule has 3 nitrogen and oxygen atoms in total. The van der Waals surface area contributed by atoms with E-state index in [1.54, 1.807) is 0 Å². The molecule has 0 unspecified atom stereocenters. The van der Waals surface area contributed by atoms with E-state index in [0.717, 1.165) is 88.4 Å². The monoisotopic (exact) mass is 727 g/mol. The Morgan fingerprint density at radius 3 is 1.81 bits per heavy atom. The predicted molar refractivity (Wildman–Crippen MR) is 239 cm³/mol. The van der Waals surface area contributed by atoms with Gasteiger partial charge in [-0.3, -0.25) is 0 Å². The van der Waals surface area contributed by atoms with Crippen LogP contribution >= 0.6 is 0 Å². The fourth-order valence-electron chi connectivity index (χ4n) is 9.07. The van der Waals surface area contributed by atoms with E-state index >= 15 is 0 Å². The van der Waals surface area contributed by atoms with Crippen molar-refractivity contribution in [1.29, 1.82) is 0 Å². The lowest BCUT2D eigenvalue weighted by Crippen LogP contribution is -2.11. The lowest BCUT2D eigenvalue weighted by atomic mass is 9.93. The molecule has 0 radical (unpaired) electrons. The second kappa shape index (κ2) is 12.5. The Morgan fingerprint density at radius 1 is 0.316 bits per heavy atom. The standard InChI is InChI=1S/C54H33NO2/c1-4-16-39-34(13-1)29-32-46-52-44(21-12-26-51(52)57-53(39)46)42-19-7-9-23-48(42)55(49-24-11-22-45-43-20-8-10-25-50(43)56-54(45)49)37-30-27-35(28-31-37)47-33-36-14-2-3-15-38(36)40-17-5-6-18-41(40)47/h1-33H. The van der Waals surface area contributed by atoms with Crippen LogP contribution in [-0.2, 0) is 0 Å². The fraction of sp³-hybridized carbons (Fsp3) is 0. The third kappa shape index (κ3) is 4.86. The normalized spacial score (nSPS) is 11.9. The van der Waals surface area contributed by atoms with Crippen LogP contribution < -0.4 is 4.90 Å². The first-order valence-corrected chi connectivity index (χ1v) is 19.4. The molecule has 0 bridgehead atoms. The number of rotatable bonds is 5. The predicted octanol–water partition coefficient (Wildman–Crippen LogP) is 15.7. The number of fused-ring (bicyclic) bond motifs is 11. The van der Waals surface area contributed by atoms with Gasteiger partial charge in [-0.1, -0.05) is 152 Å². The maximum absolute atomic E-state index is 6.73. The Morgan fingerprint density at radius 2 is 0.930 bits per heavy atom. The Balaban J connectivity index is 1.10. The summed E-state index contributed by atoms with van der Waals surface area (Å²) in [6.45, 7) is 0. The van der Waals surface area contributed by atoms with Crippen molar-refractivity contribution in [2.75, 3.05) is 4.90 Å². The first-order valence-electron chi connectivity index (χ1n) is 19.4. The maximum Gasteiger partial charge on any atom is 0.159 e. The minimum Gasteiger partial charge on any atom is -0.455 e. The Hall–Kier alpha value is -7.62. The lowest BCUT2D eigenvalue weighted by Gasteiger charge is -2.28. The van der Waals surface area contributed by atoms with Crippen LogP contribution in [0.2, 0.25) is 0 Å². The number of hydrogen-bond acceptors (Lipinski definition) is 3. The Kier molecular flexibility index (Phi) is 6.93. The summed E-state index contributed by atoms with van der Waals surface area (Å²) in [6, 6.07) is 71.5. The fourth-order valence-corrected chi connectivity index (χ4v) is 9.07. The minimum atomic E-state index is 0.844. The zero-order chi connectivity index (χ0) is 37.5. The van der Waals surface area contributed by atoms with E-state index < -0.39 is 0 Å². The molecule has 10 aromatic carbocycles. The summed E-state index contributed by atoms with van der Waals surface area (Å²) in [5.41, 5.74) is 11.1. The summed E-state index contributed by atoms with van der Waals surface area (Å²) in [5, 5.41) is 11.7. The topological polar surface area (TPSA) is 29.5 Å². The van der Waals surface area contributed by atoms with Gasteiger partial charge in [0.25, 0.3) is 0 Å². The highest BCUT2D eigenvalue weighted by molar-refractivity contribution is 6.20. The second-order valence-corrected chi connectivity index (χ2v) is 14.8. The van der Waals surface area contributed by atoms with Crippen molar-refractivity contribution in [3.8, 4) is 22.3 Å². The van der Waals surface area contributed by atoms with Gasteiger partial charge in [0.2, 0.25) is 0 Å². The van der Waals surface area contributed by atoms with Gasteiger partial charge in [-0.25, -0.2) is 0 Å². The summed E-state index contributed by atoms with van der Waals surface area (Å²) >= 11 is 0. The van der Waals surface area contributed by atoms with Crippen molar-refractivity contribution in [2.24, 2.45) is 0 Å². The molecule has 12 aromatic rings. The summed E-state index contributed by atoms with van der Waals surface area (Å²) in [6.07, 6.45) is 0. The molecular formula is C54H33NO2. The Labute approximate surface area is 328 Å². The van der Waals surface area contributed by atoms with Crippen LogP contribution in [0, 0.1) is 0 Å². The van der Waals surface area contributed by atoms with Crippen molar-refractivity contribution in [3.63, 3.8) is 0 Å². The highest BCUT2D eigenvalue weighted by atomic mass is 16.3. The molecule has 0 saturated heterocycles. The highest BCUT2D eigenvalue weighted by Gasteiger charge is 2.24. The van der Waals surface area contributed by atoms with Crippen molar-refractivity contribution in [1.82, 2.24) is 0 Å². The number of anilines is 3. The van der Waals surface area contributed by atoms with Crippen molar-refractivity contribution in [3.05, 3.63) is 200 Å². The van der Waals surface area contributed by atoms with Gasteiger partial charge < -0.3 is 13.7 Å². The van der Waals surface area contributed by atoms with E-state index in [9.17, 15) is 0 Å². The summed E-state index contributed by atoms with van der Waals surface area (Å²) in [5.74, 6) is 0. The van der Waals surface area contributed by atoms with Gasteiger partial charge >= 0.3 is 0 Å². The largest absolute Gasteiger partial charge is 0.455 e. The number of hydrogen-bond donors (Lipinski definition) is 0. The molecule has 12 rings (SSSR count). The molecule has 0 aliphatic heterocycles. The van der Waals surface area contributed by atoms with Crippen LogP contribution in [0.1, 0.15) is 0 Å². The summed E-state index contributed by atoms with van der Waals surface area (Å²) in [4.78, 5) is 2.36. The van der Waals surface area contributed by atoms with Gasteiger partial charge in [0.1, 0.15) is 16.7 Å². The molecule has 3 heteroatoms. The van der Waals surface area contributed by atoms with E-state index in [1.165, 1.54) is 27.1 Å². The molecule has 2 heterocycles. The second-order valence-electron chi connectivity index (χ2n) is 14.8. The quantitative estimate of drug-likeness (QED) is 0.165. The van der Waals surface area contributed by atoms with E-state index in [4.69, 9.17) is 8.83 Å². The van der Waals surface area contributed by atoms with E-state index in [-0.39, 0.29) is 0 Å². The third-order valence-electron chi connectivity index (χ3n) is 11.7. The molecule has 0 spiro atoms. The molecule has 0 aliphatic rings.